The number of hydrogen-bond acceptors (Lipinski definition) is 4. The molecule has 0 saturated heterocycles. The van der Waals surface area contributed by atoms with Crippen LogP contribution in [0.2, 0.25) is 5.02 Å². The van der Waals surface area contributed by atoms with Crippen molar-refractivity contribution in [1.82, 2.24) is 5.32 Å². The Balaban J connectivity index is 2.11. The molecule has 1 atom stereocenters. The van der Waals surface area contributed by atoms with Crippen molar-refractivity contribution in [2.45, 2.75) is 19.9 Å². The molecule has 0 spiro atoms. The molecule has 0 fully saturated rings. The molecular formula is C17H17ClN2O4. The van der Waals surface area contributed by atoms with E-state index in [0.717, 1.165) is 11.3 Å². The predicted molar refractivity (Wildman–Crippen MR) is 91.6 cm³/mol. The van der Waals surface area contributed by atoms with Gasteiger partial charge in [0, 0.05) is 11.6 Å². The van der Waals surface area contributed by atoms with Gasteiger partial charge in [0.15, 0.2) is 0 Å². The van der Waals surface area contributed by atoms with Crippen LogP contribution in [0.15, 0.2) is 42.5 Å². The second-order valence-corrected chi connectivity index (χ2v) is 5.53. The molecule has 1 N–H and O–H groups in total. The zero-order valence-corrected chi connectivity index (χ0v) is 14.0. The quantitative estimate of drug-likeness (QED) is 0.628. The summed E-state index contributed by atoms with van der Waals surface area (Å²) in [6.45, 7) is 4.32. The molecule has 0 unspecified atom stereocenters. The lowest BCUT2D eigenvalue weighted by molar-refractivity contribution is -0.384. The highest BCUT2D eigenvalue weighted by atomic mass is 35.5. The van der Waals surface area contributed by atoms with Gasteiger partial charge in [0.05, 0.1) is 17.6 Å². The number of nitro groups is 1. The molecule has 0 aromatic heterocycles. The van der Waals surface area contributed by atoms with Crippen LogP contribution in [-0.2, 0) is 0 Å². The van der Waals surface area contributed by atoms with Gasteiger partial charge in [-0.15, -0.1) is 0 Å². The van der Waals surface area contributed by atoms with E-state index in [1.165, 1.54) is 18.2 Å². The van der Waals surface area contributed by atoms with E-state index in [4.69, 9.17) is 16.3 Å². The van der Waals surface area contributed by atoms with Crippen LogP contribution in [0.3, 0.4) is 0 Å². The summed E-state index contributed by atoms with van der Waals surface area (Å²) in [5.74, 6) is 0.351. The molecule has 2 aromatic carbocycles. The van der Waals surface area contributed by atoms with E-state index in [2.05, 4.69) is 5.32 Å². The van der Waals surface area contributed by atoms with E-state index in [0.29, 0.717) is 6.61 Å². The first-order valence-corrected chi connectivity index (χ1v) is 7.77. The standard InChI is InChI=1S/C17H17ClN2O4/c1-3-24-14-7-4-12(5-8-14)11(2)19-17(21)13-6-9-15(18)16(10-13)20(22)23/h4-11H,3H2,1-2H3,(H,19,21)/t11-/m1/s1. The number of nitrogens with one attached hydrogen (secondary N) is 1. The van der Waals surface area contributed by atoms with Crippen LogP contribution in [0.5, 0.6) is 5.75 Å². The summed E-state index contributed by atoms with van der Waals surface area (Å²) < 4.78 is 5.37. The lowest BCUT2D eigenvalue weighted by Crippen LogP contribution is -2.26. The second-order valence-electron chi connectivity index (χ2n) is 5.12. The van der Waals surface area contributed by atoms with Crippen LogP contribution in [0, 0.1) is 10.1 Å². The van der Waals surface area contributed by atoms with Gasteiger partial charge in [-0.25, -0.2) is 0 Å². The highest BCUT2D eigenvalue weighted by molar-refractivity contribution is 6.32. The molecule has 2 aromatic rings. The van der Waals surface area contributed by atoms with E-state index < -0.39 is 10.8 Å². The van der Waals surface area contributed by atoms with E-state index >= 15 is 0 Å². The monoisotopic (exact) mass is 348 g/mol. The summed E-state index contributed by atoms with van der Waals surface area (Å²) >= 11 is 5.75. The topological polar surface area (TPSA) is 81.5 Å². The fraction of sp³-hybridized carbons (Fsp3) is 0.235. The molecule has 0 bridgehead atoms. The molecule has 126 valence electrons. The third kappa shape index (κ3) is 4.23. The van der Waals surface area contributed by atoms with Gasteiger partial charge < -0.3 is 10.1 Å². The van der Waals surface area contributed by atoms with Crippen molar-refractivity contribution in [3.8, 4) is 5.75 Å². The van der Waals surface area contributed by atoms with Crippen molar-refractivity contribution in [1.29, 1.82) is 0 Å². The molecule has 0 radical (unpaired) electrons. The van der Waals surface area contributed by atoms with E-state index in [1.54, 1.807) is 0 Å². The summed E-state index contributed by atoms with van der Waals surface area (Å²) in [6.07, 6.45) is 0. The number of halogens is 1. The number of nitrogens with zero attached hydrogens (tertiary/aromatic N) is 1. The Morgan fingerprint density at radius 3 is 2.54 bits per heavy atom. The third-order valence-electron chi connectivity index (χ3n) is 3.44. The Labute approximate surface area is 144 Å². The minimum atomic E-state index is -0.616. The lowest BCUT2D eigenvalue weighted by Gasteiger charge is -2.15. The minimum Gasteiger partial charge on any atom is -0.494 e. The summed E-state index contributed by atoms with van der Waals surface area (Å²) in [5.41, 5.74) is 0.789. The average molecular weight is 349 g/mol. The Bertz CT molecular complexity index is 747. The van der Waals surface area contributed by atoms with Gasteiger partial charge in [-0.05, 0) is 43.7 Å². The maximum Gasteiger partial charge on any atom is 0.288 e. The van der Waals surface area contributed by atoms with Gasteiger partial charge in [-0.2, -0.15) is 0 Å². The summed E-state index contributed by atoms with van der Waals surface area (Å²) in [7, 11) is 0. The smallest absolute Gasteiger partial charge is 0.288 e. The van der Waals surface area contributed by atoms with Crippen molar-refractivity contribution >= 4 is 23.2 Å². The van der Waals surface area contributed by atoms with Gasteiger partial charge in [0.25, 0.3) is 11.6 Å². The second kappa shape index (κ2) is 7.79. The maximum atomic E-state index is 12.3. The molecule has 6 nitrogen and oxygen atoms in total. The molecule has 2 rings (SSSR count). The predicted octanol–water partition coefficient (Wildman–Crippen LogP) is 4.14. The molecule has 0 saturated carbocycles. The highest BCUT2D eigenvalue weighted by Crippen LogP contribution is 2.25. The Hall–Kier alpha value is -2.60. The normalized spacial score (nSPS) is 11.6. The van der Waals surface area contributed by atoms with Gasteiger partial charge in [0.1, 0.15) is 10.8 Å². The third-order valence-corrected chi connectivity index (χ3v) is 3.76. The first-order valence-electron chi connectivity index (χ1n) is 7.40. The summed E-state index contributed by atoms with van der Waals surface area (Å²) in [5, 5.41) is 13.7. The number of carbonyl (C=O) groups excluding carboxylic acids is 1. The highest BCUT2D eigenvalue weighted by Gasteiger charge is 2.17. The van der Waals surface area contributed by atoms with Crippen molar-refractivity contribution in [3.63, 3.8) is 0 Å². The first-order chi connectivity index (χ1) is 11.4. The molecule has 24 heavy (non-hydrogen) atoms. The number of benzene rings is 2. The summed E-state index contributed by atoms with van der Waals surface area (Å²) in [4.78, 5) is 22.6. The number of rotatable bonds is 6. The Morgan fingerprint density at radius 2 is 1.96 bits per heavy atom. The Kier molecular flexibility index (Phi) is 5.76. The van der Waals surface area contributed by atoms with E-state index in [-0.39, 0.29) is 22.3 Å². The van der Waals surface area contributed by atoms with Crippen LogP contribution in [0.4, 0.5) is 5.69 Å². The zero-order chi connectivity index (χ0) is 17.7. The van der Waals surface area contributed by atoms with E-state index in [1.807, 2.05) is 38.1 Å². The van der Waals surface area contributed by atoms with Crippen LogP contribution in [0.25, 0.3) is 0 Å². The number of ether oxygens (including phenoxy) is 1. The fourth-order valence-electron chi connectivity index (χ4n) is 2.18. The van der Waals surface area contributed by atoms with Crippen LogP contribution < -0.4 is 10.1 Å². The van der Waals surface area contributed by atoms with Crippen molar-refractivity contribution in [3.05, 3.63) is 68.7 Å². The number of amides is 1. The van der Waals surface area contributed by atoms with Crippen LogP contribution in [-0.4, -0.2) is 17.4 Å². The van der Waals surface area contributed by atoms with Gasteiger partial charge in [-0.1, -0.05) is 23.7 Å². The fourth-order valence-corrected chi connectivity index (χ4v) is 2.36. The van der Waals surface area contributed by atoms with Crippen LogP contribution >= 0.6 is 11.6 Å². The van der Waals surface area contributed by atoms with E-state index in [9.17, 15) is 14.9 Å². The van der Waals surface area contributed by atoms with Gasteiger partial charge in [-0.3, -0.25) is 14.9 Å². The van der Waals surface area contributed by atoms with Crippen molar-refractivity contribution in [2.24, 2.45) is 0 Å². The molecule has 1 amide bonds. The SMILES string of the molecule is CCOc1ccc([C@@H](C)NC(=O)c2ccc(Cl)c([N+](=O)[O-])c2)cc1. The average Bonchev–Trinajstić information content (AvgIpc) is 2.55. The van der Waals surface area contributed by atoms with Crippen molar-refractivity contribution in [2.75, 3.05) is 6.61 Å². The van der Waals surface area contributed by atoms with Crippen LogP contribution in [0.1, 0.15) is 35.8 Å². The van der Waals surface area contributed by atoms with Crippen molar-refractivity contribution < 1.29 is 14.5 Å². The Morgan fingerprint density at radius 1 is 1.29 bits per heavy atom. The molecular weight excluding hydrogens is 332 g/mol. The largest absolute Gasteiger partial charge is 0.494 e. The zero-order valence-electron chi connectivity index (χ0n) is 13.3. The number of hydrogen-bond donors (Lipinski definition) is 1. The first kappa shape index (κ1) is 17.7. The molecule has 0 aliphatic heterocycles. The number of nitro benzene ring substituents is 1. The number of carbonyl (C=O) groups is 1. The molecule has 0 heterocycles. The summed E-state index contributed by atoms with van der Waals surface area (Å²) in [6, 6.07) is 11.1. The molecule has 0 aliphatic carbocycles. The molecule has 7 heteroatoms. The van der Waals surface area contributed by atoms with Gasteiger partial charge >= 0.3 is 0 Å². The molecule has 0 aliphatic rings. The minimum absolute atomic E-state index is 0.00360. The van der Waals surface area contributed by atoms with Gasteiger partial charge in [0.2, 0.25) is 0 Å². The maximum absolute atomic E-state index is 12.3. The lowest BCUT2D eigenvalue weighted by atomic mass is 10.1.